The van der Waals surface area contributed by atoms with Gasteiger partial charge in [0.15, 0.2) is 0 Å². The minimum atomic E-state index is -1.64. The molecule has 0 saturated carbocycles. The largest absolute Gasteiger partial charge is 0.480 e. The number of carboxylic acid groups (broad SMARTS) is 1. The summed E-state index contributed by atoms with van der Waals surface area (Å²) in [6.45, 7) is 3.85. The number of carbonyl (C=O) groups is 10. The molecule has 1 fully saturated rings. The van der Waals surface area contributed by atoms with Gasteiger partial charge in [-0.05, 0) is 90.8 Å². The molecule has 0 aliphatic carbocycles. The van der Waals surface area contributed by atoms with Crippen molar-refractivity contribution in [3.05, 3.63) is 0 Å². The highest BCUT2D eigenvalue weighted by atomic mass is 16.4. The second-order valence-corrected chi connectivity index (χ2v) is 16.0. The Kier molecular flexibility index (Phi) is 27.8. The van der Waals surface area contributed by atoms with Crippen molar-refractivity contribution in [1.82, 2.24) is 53.2 Å². The molecule has 0 unspecified atom stereocenters. The van der Waals surface area contributed by atoms with Crippen LogP contribution >= 0.6 is 0 Å². The van der Waals surface area contributed by atoms with Crippen molar-refractivity contribution >= 4 is 59.1 Å². The standard InChI is InChI=1S/C40H72N12O14/c1-5-21(2)31(39(64)48-26(12-7-9-15-42)37(62)46-23(4)33(58)51-29(20-55)40(65)66)52-38(63)28(19-54)49-32(57)22(3)45-36(61)25(11-6-8-14-41)47-30(56)17-44-34(59)27(18-53)50-35(60)24-13-10-16-43-24/h21-29,31,43,53-55H,5-20,41-42H2,1-4H3,(H,44,59)(H,45,61)(H,46,62)(H,47,56)(H,48,64)(H,49,57)(H,50,60)(H,51,58)(H,52,63)(H,65,66)/t21-,22-,23-,24-,25-,26-,27-,28-,29-,31-/m0/s1. The predicted octanol–water partition coefficient (Wildman–Crippen LogP) is -6.86. The van der Waals surface area contributed by atoms with Crippen molar-refractivity contribution < 1.29 is 68.4 Å². The average molecular weight is 945 g/mol. The second kappa shape index (κ2) is 31.4. The number of rotatable bonds is 32. The van der Waals surface area contributed by atoms with Gasteiger partial charge in [-0.25, -0.2) is 4.79 Å². The lowest BCUT2D eigenvalue weighted by atomic mass is 9.97. The van der Waals surface area contributed by atoms with E-state index in [0.29, 0.717) is 45.1 Å². The Morgan fingerprint density at radius 3 is 1.50 bits per heavy atom. The molecule has 1 aliphatic rings. The van der Waals surface area contributed by atoms with Gasteiger partial charge < -0.3 is 85.1 Å². The van der Waals surface area contributed by atoms with E-state index >= 15 is 0 Å². The first kappa shape index (κ1) is 58.5. The molecule has 66 heavy (non-hydrogen) atoms. The number of aliphatic carboxylic acids is 1. The van der Waals surface area contributed by atoms with E-state index in [-0.39, 0.29) is 25.9 Å². The molecular weight excluding hydrogens is 873 g/mol. The van der Waals surface area contributed by atoms with Crippen LogP contribution in [-0.2, 0) is 47.9 Å². The summed E-state index contributed by atoms with van der Waals surface area (Å²) < 4.78 is 0. The lowest BCUT2D eigenvalue weighted by Crippen LogP contribution is -2.61. The predicted molar refractivity (Wildman–Crippen MR) is 235 cm³/mol. The number of unbranched alkanes of at least 4 members (excludes halogenated alkanes) is 2. The highest BCUT2D eigenvalue weighted by Gasteiger charge is 2.34. The lowest BCUT2D eigenvalue weighted by Gasteiger charge is -2.29. The average Bonchev–Trinajstić information content (AvgIpc) is 3.84. The Labute approximate surface area is 383 Å². The fourth-order valence-corrected chi connectivity index (χ4v) is 6.38. The van der Waals surface area contributed by atoms with Crippen LogP contribution in [0.2, 0.25) is 0 Å². The summed E-state index contributed by atoms with van der Waals surface area (Å²) in [6.07, 6.45) is 3.47. The fraction of sp³-hybridized carbons (Fsp3) is 0.750. The number of aliphatic hydroxyl groups is 3. The zero-order chi connectivity index (χ0) is 49.9. The van der Waals surface area contributed by atoms with Gasteiger partial charge >= 0.3 is 5.97 Å². The topological polar surface area (TPSA) is 424 Å². The molecule has 10 atom stereocenters. The van der Waals surface area contributed by atoms with Gasteiger partial charge in [0.25, 0.3) is 0 Å². The van der Waals surface area contributed by atoms with Crippen LogP contribution < -0.4 is 64.6 Å². The quantitative estimate of drug-likeness (QED) is 0.0279. The number of carboxylic acids is 1. The van der Waals surface area contributed by atoms with Crippen molar-refractivity contribution in [3.63, 3.8) is 0 Å². The van der Waals surface area contributed by atoms with Crippen molar-refractivity contribution in [3.8, 4) is 0 Å². The monoisotopic (exact) mass is 945 g/mol. The number of nitrogens with one attached hydrogen (secondary N) is 10. The van der Waals surface area contributed by atoms with E-state index in [4.69, 9.17) is 16.6 Å². The van der Waals surface area contributed by atoms with Crippen molar-refractivity contribution in [2.75, 3.05) is 46.0 Å². The zero-order valence-corrected chi connectivity index (χ0v) is 38.1. The summed E-state index contributed by atoms with van der Waals surface area (Å²) in [6, 6.07) is -11.6. The first-order chi connectivity index (χ1) is 31.3. The van der Waals surface area contributed by atoms with E-state index in [9.17, 15) is 63.3 Å². The summed E-state index contributed by atoms with van der Waals surface area (Å²) in [4.78, 5) is 129. The molecule has 0 spiro atoms. The van der Waals surface area contributed by atoms with Crippen molar-refractivity contribution in [1.29, 1.82) is 0 Å². The normalized spacial score (nSPS) is 17.4. The summed E-state index contributed by atoms with van der Waals surface area (Å²) >= 11 is 0. The van der Waals surface area contributed by atoms with Crippen LogP contribution in [0, 0.1) is 5.92 Å². The molecule has 0 radical (unpaired) electrons. The number of carbonyl (C=O) groups excluding carboxylic acids is 9. The molecule has 9 amide bonds. The van der Waals surface area contributed by atoms with E-state index in [1.165, 1.54) is 13.8 Å². The Morgan fingerprint density at radius 2 is 1.05 bits per heavy atom. The van der Waals surface area contributed by atoms with E-state index in [2.05, 4.69) is 53.2 Å². The second-order valence-electron chi connectivity index (χ2n) is 16.0. The van der Waals surface area contributed by atoms with Gasteiger partial charge in [-0.3, -0.25) is 43.2 Å². The Morgan fingerprint density at radius 1 is 0.576 bits per heavy atom. The molecule has 18 N–H and O–H groups in total. The molecule has 376 valence electrons. The fourth-order valence-electron chi connectivity index (χ4n) is 6.38. The van der Waals surface area contributed by atoms with Crippen LogP contribution in [0.1, 0.15) is 85.5 Å². The Balaban J connectivity index is 3.00. The summed E-state index contributed by atoms with van der Waals surface area (Å²) in [5.41, 5.74) is 11.2. The van der Waals surface area contributed by atoms with E-state index in [1.54, 1.807) is 13.8 Å². The molecule has 1 aliphatic heterocycles. The molecule has 0 aromatic heterocycles. The van der Waals surface area contributed by atoms with Crippen LogP contribution in [-0.4, -0.2) is 180 Å². The molecular formula is C40H72N12O14. The number of nitrogens with two attached hydrogens (primary N) is 2. The molecule has 26 nitrogen and oxygen atoms in total. The maximum Gasteiger partial charge on any atom is 0.328 e. The number of hydrogen-bond donors (Lipinski definition) is 16. The maximum absolute atomic E-state index is 13.7. The van der Waals surface area contributed by atoms with Gasteiger partial charge in [0.1, 0.15) is 48.3 Å². The van der Waals surface area contributed by atoms with Crippen molar-refractivity contribution in [2.45, 2.75) is 140 Å². The van der Waals surface area contributed by atoms with Crippen LogP contribution in [0.15, 0.2) is 0 Å². The van der Waals surface area contributed by atoms with Gasteiger partial charge in [0.2, 0.25) is 53.2 Å². The molecule has 0 bridgehead atoms. The Hall–Kier alpha value is -5.54. The highest BCUT2D eigenvalue weighted by molar-refractivity contribution is 5.98. The summed E-state index contributed by atoms with van der Waals surface area (Å²) in [7, 11) is 0. The van der Waals surface area contributed by atoms with Crippen LogP contribution in [0.5, 0.6) is 0 Å². The van der Waals surface area contributed by atoms with Crippen LogP contribution in [0.25, 0.3) is 0 Å². The number of aliphatic hydroxyl groups excluding tert-OH is 3. The molecule has 1 heterocycles. The maximum atomic E-state index is 13.7. The molecule has 1 rings (SSSR count). The SMILES string of the molecule is CC[C@H](C)[C@H](NC(=O)[C@H](CO)NC(=O)[C@H](C)NC(=O)[C@H](CCCCN)NC(=O)CNC(=O)[C@H](CO)NC(=O)[C@@H]1CCCN1)C(=O)N[C@@H](CCCCN)C(=O)N[C@@H](C)C(=O)N[C@@H](CO)C(=O)O. The molecule has 0 aromatic carbocycles. The van der Waals surface area contributed by atoms with Gasteiger partial charge in [-0.1, -0.05) is 20.3 Å². The third-order valence-electron chi connectivity index (χ3n) is 10.7. The summed E-state index contributed by atoms with van der Waals surface area (Å²) in [5.74, 6) is -9.50. The molecule has 1 saturated heterocycles. The van der Waals surface area contributed by atoms with Crippen LogP contribution in [0.4, 0.5) is 0 Å². The van der Waals surface area contributed by atoms with Crippen molar-refractivity contribution in [2.24, 2.45) is 17.4 Å². The first-order valence-corrected chi connectivity index (χ1v) is 22.2. The zero-order valence-electron chi connectivity index (χ0n) is 38.1. The molecule has 0 aromatic rings. The highest BCUT2D eigenvalue weighted by Crippen LogP contribution is 2.11. The third-order valence-corrected chi connectivity index (χ3v) is 10.7. The lowest BCUT2D eigenvalue weighted by molar-refractivity contribution is -0.143. The Bertz CT molecular complexity index is 1630. The molecule has 26 heteroatoms. The van der Waals surface area contributed by atoms with E-state index in [1.807, 2.05) is 0 Å². The number of hydrogen-bond acceptors (Lipinski definition) is 16. The van der Waals surface area contributed by atoms with E-state index in [0.717, 1.165) is 6.42 Å². The van der Waals surface area contributed by atoms with E-state index < -0.39 is 146 Å². The minimum absolute atomic E-state index is 0.0518. The van der Waals surface area contributed by atoms with Gasteiger partial charge in [-0.2, -0.15) is 0 Å². The smallest absolute Gasteiger partial charge is 0.328 e. The van der Waals surface area contributed by atoms with Crippen LogP contribution in [0.3, 0.4) is 0 Å². The van der Waals surface area contributed by atoms with Gasteiger partial charge in [0.05, 0.1) is 32.4 Å². The van der Waals surface area contributed by atoms with Gasteiger partial charge in [-0.15, -0.1) is 0 Å². The number of amides is 9. The van der Waals surface area contributed by atoms with Gasteiger partial charge in [0, 0.05) is 0 Å². The minimum Gasteiger partial charge on any atom is -0.480 e. The summed E-state index contributed by atoms with van der Waals surface area (Å²) in [5, 5.41) is 62.7. The third kappa shape index (κ3) is 20.7. The first-order valence-electron chi connectivity index (χ1n) is 22.2.